The largest absolute Gasteiger partial charge is 0.302 e. The molecule has 1 aliphatic rings. The fourth-order valence-corrected chi connectivity index (χ4v) is 1.45. The Morgan fingerprint density at radius 3 is 2.90 bits per heavy atom. The Kier molecular flexibility index (Phi) is 3.16. The molecule has 0 saturated carbocycles. The normalized spacial score (nSPS) is 36.6. The van der Waals surface area contributed by atoms with Crippen molar-refractivity contribution in [2.24, 2.45) is 11.8 Å². The first-order valence-corrected chi connectivity index (χ1v) is 4.13. The lowest BCUT2D eigenvalue weighted by molar-refractivity contribution is 0.00193. The van der Waals surface area contributed by atoms with E-state index in [1.807, 2.05) is 0 Å². The van der Waals surface area contributed by atoms with E-state index in [0.717, 1.165) is 19.1 Å². The lowest BCUT2D eigenvalue weighted by Gasteiger charge is -2.21. The third kappa shape index (κ3) is 2.67. The highest BCUT2D eigenvalue weighted by Crippen LogP contribution is 2.16. The van der Waals surface area contributed by atoms with E-state index in [4.69, 9.17) is 4.84 Å². The van der Waals surface area contributed by atoms with Gasteiger partial charge >= 0.3 is 0 Å². The third-order valence-corrected chi connectivity index (χ3v) is 2.01. The van der Waals surface area contributed by atoms with Gasteiger partial charge in [-0.2, -0.15) is 0 Å². The van der Waals surface area contributed by atoms with E-state index in [9.17, 15) is 0 Å². The van der Waals surface area contributed by atoms with E-state index >= 15 is 0 Å². The Morgan fingerprint density at radius 2 is 2.10 bits per heavy atom. The number of nitrogens with one attached hydrogen (secondary N) is 1. The third-order valence-electron chi connectivity index (χ3n) is 2.01. The molecule has 1 saturated heterocycles. The van der Waals surface area contributed by atoms with E-state index in [1.54, 1.807) is 0 Å². The van der Waals surface area contributed by atoms with Crippen molar-refractivity contribution in [3.8, 4) is 0 Å². The quantitative estimate of drug-likeness (QED) is 0.556. The fraction of sp³-hybridized carbons (Fsp3) is 1.00. The summed E-state index contributed by atoms with van der Waals surface area (Å²) in [6, 6.07) is 0. The number of hydroxylamine groups is 1. The Hall–Kier alpha value is -0.0800. The molecule has 0 aromatic carbocycles. The van der Waals surface area contributed by atoms with Crippen LogP contribution in [0.2, 0.25) is 0 Å². The second-order valence-corrected chi connectivity index (χ2v) is 3.44. The van der Waals surface area contributed by atoms with Crippen molar-refractivity contribution in [3.05, 3.63) is 0 Å². The fourth-order valence-electron chi connectivity index (χ4n) is 1.45. The van der Waals surface area contributed by atoms with Crippen LogP contribution in [0.1, 0.15) is 26.7 Å². The first-order valence-electron chi connectivity index (χ1n) is 4.13. The molecule has 0 bridgehead atoms. The molecule has 0 radical (unpaired) electrons. The Bertz CT molecular complexity index is 85.3. The van der Waals surface area contributed by atoms with Crippen LogP contribution in [0.25, 0.3) is 0 Å². The van der Waals surface area contributed by atoms with Crippen LogP contribution in [0.3, 0.4) is 0 Å². The monoisotopic (exact) mass is 143 g/mol. The van der Waals surface area contributed by atoms with E-state index in [2.05, 4.69) is 19.3 Å². The summed E-state index contributed by atoms with van der Waals surface area (Å²) in [7, 11) is 0. The van der Waals surface area contributed by atoms with Gasteiger partial charge in [0.25, 0.3) is 0 Å². The van der Waals surface area contributed by atoms with Crippen molar-refractivity contribution in [1.82, 2.24) is 5.48 Å². The van der Waals surface area contributed by atoms with Gasteiger partial charge in [-0.25, -0.2) is 5.48 Å². The molecule has 1 N–H and O–H groups in total. The SMILES string of the molecule is CC1CCNOCC(C)C1. The zero-order valence-corrected chi connectivity index (χ0v) is 6.89. The summed E-state index contributed by atoms with van der Waals surface area (Å²) in [6.07, 6.45) is 2.55. The van der Waals surface area contributed by atoms with Gasteiger partial charge in [0.1, 0.15) is 0 Å². The van der Waals surface area contributed by atoms with Crippen molar-refractivity contribution in [3.63, 3.8) is 0 Å². The molecule has 1 fully saturated rings. The molecule has 0 aromatic rings. The lowest BCUT2D eigenvalue weighted by Crippen LogP contribution is -2.25. The molecular formula is C8H17NO. The molecule has 1 aliphatic heterocycles. The van der Waals surface area contributed by atoms with Crippen LogP contribution in [0, 0.1) is 11.8 Å². The summed E-state index contributed by atoms with van der Waals surface area (Å²) in [6.45, 7) is 6.42. The molecule has 2 atom stereocenters. The molecule has 0 aliphatic carbocycles. The summed E-state index contributed by atoms with van der Waals surface area (Å²) in [4.78, 5) is 5.19. The molecule has 60 valence electrons. The molecule has 2 nitrogen and oxygen atoms in total. The highest BCUT2D eigenvalue weighted by atomic mass is 16.6. The van der Waals surface area contributed by atoms with Crippen molar-refractivity contribution < 1.29 is 4.84 Å². The van der Waals surface area contributed by atoms with Gasteiger partial charge in [-0.15, -0.1) is 0 Å². The Balaban J connectivity index is 2.25. The van der Waals surface area contributed by atoms with Crippen LogP contribution in [-0.4, -0.2) is 13.2 Å². The van der Waals surface area contributed by atoms with Crippen molar-refractivity contribution >= 4 is 0 Å². The molecule has 2 unspecified atom stereocenters. The smallest absolute Gasteiger partial charge is 0.0707 e. The van der Waals surface area contributed by atoms with E-state index in [-0.39, 0.29) is 0 Å². The summed E-state index contributed by atoms with van der Waals surface area (Å²) in [5, 5.41) is 0. The topological polar surface area (TPSA) is 21.3 Å². The van der Waals surface area contributed by atoms with Gasteiger partial charge in [0.15, 0.2) is 0 Å². The second kappa shape index (κ2) is 3.94. The second-order valence-electron chi connectivity index (χ2n) is 3.44. The molecule has 0 aromatic heterocycles. The Morgan fingerprint density at radius 1 is 1.30 bits per heavy atom. The molecule has 0 amide bonds. The van der Waals surface area contributed by atoms with Gasteiger partial charge in [0, 0.05) is 6.54 Å². The minimum Gasteiger partial charge on any atom is -0.302 e. The molecule has 1 heterocycles. The van der Waals surface area contributed by atoms with Gasteiger partial charge in [0.2, 0.25) is 0 Å². The van der Waals surface area contributed by atoms with Crippen molar-refractivity contribution in [1.29, 1.82) is 0 Å². The van der Waals surface area contributed by atoms with Crippen LogP contribution in [-0.2, 0) is 4.84 Å². The minimum absolute atomic E-state index is 0.711. The molecule has 2 heteroatoms. The van der Waals surface area contributed by atoms with Crippen LogP contribution >= 0.6 is 0 Å². The van der Waals surface area contributed by atoms with Gasteiger partial charge in [-0.1, -0.05) is 13.8 Å². The summed E-state index contributed by atoms with van der Waals surface area (Å²) in [5.41, 5.74) is 2.95. The number of hydrogen-bond acceptors (Lipinski definition) is 2. The minimum atomic E-state index is 0.711. The average Bonchev–Trinajstić information content (AvgIpc) is 1.83. The molecular weight excluding hydrogens is 126 g/mol. The lowest BCUT2D eigenvalue weighted by atomic mass is 9.95. The van der Waals surface area contributed by atoms with Crippen LogP contribution in [0.4, 0.5) is 0 Å². The summed E-state index contributed by atoms with van der Waals surface area (Å²) >= 11 is 0. The maximum absolute atomic E-state index is 5.19. The average molecular weight is 143 g/mol. The van der Waals surface area contributed by atoms with E-state index in [0.29, 0.717) is 5.92 Å². The zero-order valence-electron chi connectivity index (χ0n) is 6.89. The maximum Gasteiger partial charge on any atom is 0.0707 e. The van der Waals surface area contributed by atoms with Gasteiger partial charge in [-0.05, 0) is 24.7 Å². The first kappa shape index (κ1) is 8.02. The maximum atomic E-state index is 5.19. The standard InChI is InChI=1S/C8H17NO/c1-7-3-4-9-10-6-8(2)5-7/h7-9H,3-6H2,1-2H3. The van der Waals surface area contributed by atoms with Crippen LogP contribution in [0.15, 0.2) is 0 Å². The Labute approximate surface area is 62.9 Å². The predicted molar refractivity (Wildman–Crippen MR) is 41.5 cm³/mol. The summed E-state index contributed by atoms with van der Waals surface area (Å²) in [5.74, 6) is 1.56. The highest BCUT2D eigenvalue weighted by Gasteiger charge is 2.11. The highest BCUT2D eigenvalue weighted by molar-refractivity contribution is 4.61. The van der Waals surface area contributed by atoms with Gasteiger partial charge in [-0.3, -0.25) is 0 Å². The summed E-state index contributed by atoms with van der Waals surface area (Å²) < 4.78 is 0. The number of rotatable bonds is 0. The zero-order chi connectivity index (χ0) is 7.40. The molecule has 0 spiro atoms. The van der Waals surface area contributed by atoms with Gasteiger partial charge < -0.3 is 4.84 Å². The van der Waals surface area contributed by atoms with Crippen molar-refractivity contribution in [2.75, 3.05) is 13.2 Å². The number of hydrogen-bond donors (Lipinski definition) is 1. The first-order chi connectivity index (χ1) is 4.79. The van der Waals surface area contributed by atoms with Crippen LogP contribution in [0.5, 0.6) is 0 Å². The predicted octanol–water partition coefficient (Wildman–Crippen LogP) is 1.57. The van der Waals surface area contributed by atoms with E-state index in [1.165, 1.54) is 12.8 Å². The molecule has 10 heavy (non-hydrogen) atoms. The van der Waals surface area contributed by atoms with Crippen LogP contribution < -0.4 is 5.48 Å². The van der Waals surface area contributed by atoms with E-state index < -0.39 is 0 Å². The van der Waals surface area contributed by atoms with Gasteiger partial charge in [0.05, 0.1) is 6.61 Å². The molecule has 1 rings (SSSR count). The van der Waals surface area contributed by atoms with Crippen molar-refractivity contribution in [2.45, 2.75) is 26.7 Å².